The van der Waals surface area contributed by atoms with Gasteiger partial charge in [-0.1, -0.05) is 27.7 Å². The summed E-state index contributed by atoms with van der Waals surface area (Å²) < 4.78 is 0. The summed E-state index contributed by atoms with van der Waals surface area (Å²) in [5.41, 5.74) is 1.78. The van der Waals surface area contributed by atoms with Gasteiger partial charge < -0.3 is 0 Å². The van der Waals surface area contributed by atoms with Crippen LogP contribution in [-0.2, 0) is 10.2 Å². The summed E-state index contributed by atoms with van der Waals surface area (Å²) in [6, 6.07) is 0. The Morgan fingerprint density at radius 1 is 1.53 bits per heavy atom. The quantitative estimate of drug-likeness (QED) is 0.580. The predicted octanol–water partition coefficient (Wildman–Crippen LogP) is 3.43. The maximum atomic E-state index is 10.7. The molecule has 15 heavy (non-hydrogen) atoms. The van der Waals surface area contributed by atoms with E-state index in [9.17, 15) is 4.79 Å². The van der Waals surface area contributed by atoms with Crippen LogP contribution in [0.4, 0.5) is 0 Å². The molecule has 0 N–H and O–H groups in total. The average Bonchev–Trinajstić information content (AvgIpc) is 2.61. The van der Waals surface area contributed by atoms with Crippen molar-refractivity contribution < 1.29 is 4.79 Å². The highest BCUT2D eigenvalue weighted by Gasteiger charge is 2.17. The van der Waals surface area contributed by atoms with Gasteiger partial charge in [0.2, 0.25) is 0 Å². The number of nitrogens with zero attached hydrogens (tertiary/aromatic N) is 1. The molecule has 82 valence electrons. The van der Waals surface area contributed by atoms with E-state index in [-0.39, 0.29) is 5.41 Å². The molecule has 0 aliphatic rings. The lowest BCUT2D eigenvalue weighted by molar-refractivity contribution is -0.104. The number of aldehydes is 1. The van der Waals surface area contributed by atoms with Gasteiger partial charge in [-0.3, -0.25) is 4.79 Å². The highest BCUT2D eigenvalue weighted by Crippen LogP contribution is 2.26. The van der Waals surface area contributed by atoms with Crippen LogP contribution in [-0.4, -0.2) is 11.3 Å². The molecule has 2 nitrogen and oxygen atoms in total. The first kappa shape index (κ1) is 12.1. The molecule has 0 atom stereocenters. The van der Waals surface area contributed by atoms with E-state index in [1.807, 2.05) is 18.4 Å². The molecule has 1 aromatic heterocycles. The molecule has 0 spiro atoms. The maximum absolute atomic E-state index is 10.7. The molecule has 0 aliphatic heterocycles. The Bertz CT molecular complexity index is 371. The molecule has 0 saturated carbocycles. The van der Waals surface area contributed by atoms with E-state index in [0.717, 1.165) is 29.0 Å². The summed E-state index contributed by atoms with van der Waals surface area (Å²) in [5.74, 6) is 0. The van der Waals surface area contributed by atoms with Crippen molar-refractivity contribution in [3.63, 3.8) is 0 Å². The van der Waals surface area contributed by atoms with Crippen LogP contribution < -0.4 is 0 Å². The summed E-state index contributed by atoms with van der Waals surface area (Å²) in [7, 11) is 0. The van der Waals surface area contributed by atoms with Crippen molar-refractivity contribution in [2.45, 2.75) is 39.5 Å². The first-order chi connectivity index (χ1) is 6.97. The lowest BCUT2D eigenvalue weighted by atomic mass is 9.98. The Balaban J connectivity index is 2.95. The van der Waals surface area contributed by atoms with Crippen molar-refractivity contribution in [3.8, 4) is 0 Å². The van der Waals surface area contributed by atoms with Crippen LogP contribution in [0.25, 0.3) is 6.08 Å². The molecule has 0 saturated heterocycles. The van der Waals surface area contributed by atoms with Crippen molar-refractivity contribution in [2.24, 2.45) is 0 Å². The van der Waals surface area contributed by atoms with E-state index in [4.69, 9.17) is 0 Å². The smallest absolute Gasteiger partial charge is 0.146 e. The van der Waals surface area contributed by atoms with Gasteiger partial charge in [0.05, 0.1) is 10.7 Å². The third-order valence-electron chi connectivity index (χ3n) is 2.06. The van der Waals surface area contributed by atoms with E-state index in [1.54, 1.807) is 11.3 Å². The molecule has 0 unspecified atom stereocenters. The largest absolute Gasteiger partial charge is 0.298 e. The van der Waals surface area contributed by atoms with Crippen molar-refractivity contribution in [2.75, 3.05) is 0 Å². The van der Waals surface area contributed by atoms with Crippen LogP contribution in [0.1, 0.15) is 44.8 Å². The minimum Gasteiger partial charge on any atom is -0.298 e. The Labute approximate surface area is 95.0 Å². The van der Waals surface area contributed by atoms with E-state index in [1.165, 1.54) is 0 Å². The molecule has 1 heterocycles. The third-order valence-corrected chi connectivity index (χ3v) is 3.34. The lowest BCUT2D eigenvalue weighted by Crippen LogP contribution is -2.10. The molecule has 3 heteroatoms. The summed E-state index contributed by atoms with van der Waals surface area (Å²) >= 11 is 1.65. The first-order valence-electron chi connectivity index (χ1n) is 5.09. The number of allylic oxidation sites excluding steroid dienone is 1. The van der Waals surface area contributed by atoms with E-state index in [2.05, 4.69) is 25.8 Å². The Kier molecular flexibility index (Phi) is 3.80. The zero-order chi connectivity index (χ0) is 11.5. The molecular weight excluding hydrogens is 206 g/mol. The fourth-order valence-corrected chi connectivity index (χ4v) is 1.97. The fourth-order valence-electron chi connectivity index (χ4n) is 1.11. The standard InChI is InChI=1S/C12H17NOS/c1-5-9(7-14)6-10-8-15-11(13-10)12(2,3)4/h6-8H,5H2,1-4H3. The van der Waals surface area contributed by atoms with Crippen LogP contribution in [0.5, 0.6) is 0 Å². The number of carbonyl (C=O) groups is 1. The van der Waals surface area contributed by atoms with Crippen molar-refractivity contribution >= 4 is 23.7 Å². The highest BCUT2D eigenvalue weighted by atomic mass is 32.1. The summed E-state index contributed by atoms with van der Waals surface area (Å²) in [6.45, 7) is 8.39. The molecule has 0 fully saturated rings. The van der Waals surface area contributed by atoms with Crippen LogP contribution in [0, 0.1) is 0 Å². The number of hydrogen-bond donors (Lipinski definition) is 0. The SMILES string of the molecule is CCC(C=O)=Cc1csc(C(C)(C)C)n1. The van der Waals surface area contributed by atoms with Crippen LogP contribution in [0.3, 0.4) is 0 Å². The second-order valence-electron chi connectivity index (χ2n) is 4.52. The van der Waals surface area contributed by atoms with E-state index in [0.29, 0.717) is 0 Å². The third kappa shape index (κ3) is 3.27. The molecule has 1 rings (SSSR count). The Hall–Kier alpha value is -0.960. The van der Waals surface area contributed by atoms with Gasteiger partial charge in [-0.2, -0.15) is 0 Å². The van der Waals surface area contributed by atoms with E-state index < -0.39 is 0 Å². The van der Waals surface area contributed by atoms with Gasteiger partial charge in [0.15, 0.2) is 0 Å². The minimum atomic E-state index is 0.0876. The zero-order valence-corrected chi connectivity index (χ0v) is 10.5. The molecular formula is C12H17NOS. The molecule has 0 radical (unpaired) electrons. The van der Waals surface area contributed by atoms with Crippen LogP contribution >= 0.6 is 11.3 Å². The molecule has 1 aromatic rings. The normalized spacial score (nSPS) is 12.9. The van der Waals surface area contributed by atoms with E-state index >= 15 is 0 Å². The average molecular weight is 223 g/mol. The number of rotatable bonds is 3. The molecule has 0 amide bonds. The number of hydrogen-bond acceptors (Lipinski definition) is 3. The van der Waals surface area contributed by atoms with Gasteiger partial charge in [0.25, 0.3) is 0 Å². The molecule has 0 aliphatic carbocycles. The summed E-state index contributed by atoms with van der Waals surface area (Å²) in [5, 5.41) is 3.11. The number of aromatic nitrogens is 1. The Morgan fingerprint density at radius 3 is 2.60 bits per heavy atom. The minimum absolute atomic E-state index is 0.0876. The first-order valence-corrected chi connectivity index (χ1v) is 5.97. The van der Waals surface area contributed by atoms with Crippen LogP contribution in [0.2, 0.25) is 0 Å². The van der Waals surface area contributed by atoms with Crippen LogP contribution in [0.15, 0.2) is 11.0 Å². The van der Waals surface area contributed by atoms with Crippen molar-refractivity contribution in [1.82, 2.24) is 4.98 Å². The van der Waals surface area contributed by atoms with Gasteiger partial charge in [-0.25, -0.2) is 4.98 Å². The monoisotopic (exact) mass is 223 g/mol. The van der Waals surface area contributed by atoms with Gasteiger partial charge in [-0.15, -0.1) is 11.3 Å². The maximum Gasteiger partial charge on any atom is 0.146 e. The highest BCUT2D eigenvalue weighted by molar-refractivity contribution is 7.09. The van der Waals surface area contributed by atoms with Gasteiger partial charge >= 0.3 is 0 Å². The van der Waals surface area contributed by atoms with Crippen molar-refractivity contribution in [1.29, 1.82) is 0 Å². The number of thiazole rings is 1. The number of carbonyl (C=O) groups excluding carboxylic acids is 1. The van der Waals surface area contributed by atoms with Crippen molar-refractivity contribution in [3.05, 3.63) is 21.7 Å². The second-order valence-corrected chi connectivity index (χ2v) is 5.38. The Morgan fingerprint density at radius 2 is 2.20 bits per heavy atom. The summed E-state index contributed by atoms with van der Waals surface area (Å²) in [4.78, 5) is 15.2. The van der Waals surface area contributed by atoms with Gasteiger partial charge in [0.1, 0.15) is 6.29 Å². The van der Waals surface area contributed by atoms with Gasteiger partial charge in [-0.05, 0) is 18.1 Å². The molecule has 0 aromatic carbocycles. The molecule has 0 bridgehead atoms. The topological polar surface area (TPSA) is 30.0 Å². The predicted molar refractivity (Wildman–Crippen MR) is 65.1 cm³/mol. The van der Waals surface area contributed by atoms with Gasteiger partial charge in [0, 0.05) is 10.8 Å². The fraction of sp³-hybridized carbons (Fsp3) is 0.500. The second kappa shape index (κ2) is 4.71. The summed E-state index contributed by atoms with van der Waals surface area (Å²) in [6.07, 6.45) is 3.51. The lowest BCUT2D eigenvalue weighted by Gasteiger charge is -2.13. The zero-order valence-electron chi connectivity index (χ0n) is 9.70.